The van der Waals surface area contributed by atoms with E-state index in [9.17, 15) is 0 Å². The van der Waals surface area contributed by atoms with E-state index in [1.807, 2.05) is 16.7 Å². The SMILES string of the molecule is C=NN(/C=C(\C)Cc1cn(C)nc1I)CC1CC1. The molecule has 0 atom stereocenters. The van der Waals surface area contributed by atoms with Crippen molar-refractivity contribution in [3.63, 3.8) is 0 Å². The van der Waals surface area contributed by atoms with Gasteiger partial charge in [0.1, 0.15) is 3.70 Å². The Bertz CT molecular complexity index is 460. The highest BCUT2D eigenvalue weighted by Gasteiger charge is 2.23. The van der Waals surface area contributed by atoms with Crippen molar-refractivity contribution in [1.29, 1.82) is 0 Å². The molecule has 0 aromatic carbocycles. The van der Waals surface area contributed by atoms with Crippen molar-refractivity contribution in [2.75, 3.05) is 6.54 Å². The van der Waals surface area contributed by atoms with Crippen LogP contribution in [0.2, 0.25) is 0 Å². The van der Waals surface area contributed by atoms with Crippen molar-refractivity contribution in [2.45, 2.75) is 26.2 Å². The second-order valence-electron chi connectivity index (χ2n) is 4.98. The Morgan fingerprint density at radius 1 is 1.72 bits per heavy atom. The molecule has 0 spiro atoms. The topological polar surface area (TPSA) is 33.4 Å². The summed E-state index contributed by atoms with van der Waals surface area (Å²) in [4.78, 5) is 0. The third kappa shape index (κ3) is 3.83. The van der Waals surface area contributed by atoms with E-state index in [4.69, 9.17) is 0 Å². The van der Waals surface area contributed by atoms with Gasteiger partial charge in [-0.15, -0.1) is 0 Å². The lowest BCUT2D eigenvalue weighted by Crippen LogP contribution is -2.13. The summed E-state index contributed by atoms with van der Waals surface area (Å²) in [6.45, 7) is 6.78. The molecule has 1 aliphatic carbocycles. The molecule has 18 heavy (non-hydrogen) atoms. The molecule has 0 bridgehead atoms. The van der Waals surface area contributed by atoms with Crippen molar-refractivity contribution in [3.8, 4) is 0 Å². The lowest BCUT2D eigenvalue weighted by molar-refractivity contribution is 0.380. The van der Waals surface area contributed by atoms with Gasteiger partial charge in [-0.25, -0.2) is 0 Å². The van der Waals surface area contributed by atoms with Crippen LogP contribution in [-0.4, -0.2) is 28.1 Å². The monoisotopic (exact) mass is 358 g/mol. The van der Waals surface area contributed by atoms with Crippen LogP contribution in [0.1, 0.15) is 25.3 Å². The fourth-order valence-corrected chi connectivity index (χ4v) is 2.62. The van der Waals surface area contributed by atoms with E-state index in [-0.39, 0.29) is 0 Å². The third-order valence-corrected chi connectivity index (χ3v) is 3.92. The number of aryl methyl sites for hydroxylation is 1. The smallest absolute Gasteiger partial charge is 0.126 e. The first kappa shape index (κ1) is 13.6. The summed E-state index contributed by atoms with van der Waals surface area (Å²) in [7, 11) is 1.95. The Labute approximate surface area is 122 Å². The van der Waals surface area contributed by atoms with Crippen molar-refractivity contribution in [2.24, 2.45) is 18.1 Å². The number of hydrogen-bond acceptors (Lipinski definition) is 3. The standard InChI is InChI=1S/C13H19IN4/c1-10(6-12-9-17(3)16-13(12)14)7-18(15-2)8-11-4-5-11/h7,9,11H,2,4-6,8H2,1,3H3/b10-7+. The molecule has 5 heteroatoms. The number of nitrogens with zero attached hydrogens (tertiary/aromatic N) is 4. The summed E-state index contributed by atoms with van der Waals surface area (Å²) in [5, 5.41) is 10.4. The second kappa shape index (κ2) is 5.86. The molecule has 2 rings (SSSR count). The molecule has 1 aromatic rings. The van der Waals surface area contributed by atoms with Crippen LogP contribution in [-0.2, 0) is 13.5 Å². The highest BCUT2D eigenvalue weighted by molar-refractivity contribution is 14.1. The first-order valence-electron chi connectivity index (χ1n) is 6.17. The van der Waals surface area contributed by atoms with Crippen LogP contribution in [0.15, 0.2) is 23.1 Å². The molecule has 1 heterocycles. The number of hydrazone groups is 1. The van der Waals surface area contributed by atoms with Gasteiger partial charge >= 0.3 is 0 Å². The van der Waals surface area contributed by atoms with Crippen molar-refractivity contribution < 1.29 is 0 Å². The van der Waals surface area contributed by atoms with Crippen LogP contribution >= 0.6 is 22.6 Å². The molecule has 0 unspecified atom stereocenters. The average molecular weight is 358 g/mol. The maximum absolute atomic E-state index is 4.35. The minimum absolute atomic E-state index is 0.818. The fraction of sp³-hybridized carbons (Fsp3) is 0.538. The van der Waals surface area contributed by atoms with Crippen molar-refractivity contribution in [3.05, 3.63) is 27.2 Å². The van der Waals surface area contributed by atoms with Gasteiger partial charge in [-0.1, -0.05) is 5.57 Å². The van der Waals surface area contributed by atoms with Crippen LogP contribution in [0.4, 0.5) is 0 Å². The summed E-state index contributed by atoms with van der Waals surface area (Å²) in [6.07, 6.45) is 7.77. The Morgan fingerprint density at radius 2 is 2.44 bits per heavy atom. The minimum atomic E-state index is 0.818. The van der Waals surface area contributed by atoms with Crippen LogP contribution in [0.3, 0.4) is 0 Å². The predicted molar refractivity (Wildman–Crippen MR) is 82.4 cm³/mol. The third-order valence-electron chi connectivity index (χ3n) is 3.02. The Morgan fingerprint density at radius 3 is 2.94 bits per heavy atom. The molecule has 0 aliphatic heterocycles. The molecule has 0 saturated heterocycles. The van der Waals surface area contributed by atoms with E-state index in [1.54, 1.807) is 0 Å². The lowest BCUT2D eigenvalue weighted by atomic mass is 10.1. The minimum Gasteiger partial charge on any atom is -0.274 e. The zero-order valence-corrected chi connectivity index (χ0v) is 13.1. The van der Waals surface area contributed by atoms with Crippen LogP contribution in [0, 0.1) is 9.62 Å². The quantitative estimate of drug-likeness (QED) is 0.445. The van der Waals surface area contributed by atoms with Gasteiger partial charge in [0.15, 0.2) is 0 Å². The summed E-state index contributed by atoms with van der Waals surface area (Å²) < 4.78 is 2.93. The Hall–Kier alpha value is -0.850. The summed E-state index contributed by atoms with van der Waals surface area (Å²) in [6, 6.07) is 0. The van der Waals surface area contributed by atoms with E-state index in [0.717, 1.165) is 22.6 Å². The zero-order valence-electron chi connectivity index (χ0n) is 10.9. The van der Waals surface area contributed by atoms with E-state index in [2.05, 4.69) is 58.8 Å². The summed E-state index contributed by atoms with van der Waals surface area (Å²) in [5.74, 6) is 0.818. The predicted octanol–water partition coefficient (Wildman–Crippen LogP) is 2.80. The molecule has 1 saturated carbocycles. The molecule has 0 radical (unpaired) electrons. The molecule has 98 valence electrons. The van der Waals surface area contributed by atoms with E-state index in [0.29, 0.717) is 0 Å². The van der Waals surface area contributed by atoms with E-state index >= 15 is 0 Å². The van der Waals surface area contributed by atoms with Crippen LogP contribution in [0.25, 0.3) is 0 Å². The molecule has 1 aromatic heterocycles. The molecular weight excluding hydrogens is 339 g/mol. The van der Waals surface area contributed by atoms with Crippen molar-refractivity contribution in [1.82, 2.24) is 14.8 Å². The normalized spacial score (nSPS) is 15.8. The average Bonchev–Trinajstić information content (AvgIpc) is 3.05. The molecule has 0 N–H and O–H groups in total. The number of aromatic nitrogens is 2. The van der Waals surface area contributed by atoms with Gasteiger partial charge < -0.3 is 0 Å². The van der Waals surface area contributed by atoms with Gasteiger partial charge in [0.05, 0.1) is 0 Å². The molecule has 1 aliphatic rings. The maximum atomic E-state index is 4.35. The molecular formula is C13H19IN4. The maximum Gasteiger partial charge on any atom is 0.126 e. The molecule has 1 fully saturated rings. The number of hydrogen-bond donors (Lipinski definition) is 0. The second-order valence-corrected chi connectivity index (χ2v) is 6.00. The van der Waals surface area contributed by atoms with Crippen molar-refractivity contribution >= 4 is 29.3 Å². The van der Waals surface area contributed by atoms with Gasteiger partial charge in [0.2, 0.25) is 0 Å². The number of halogens is 1. The van der Waals surface area contributed by atoms with Gasteiger partial charge in [-0.3, -0.25) is 9.69 Å². The first-order valence-corrected chi connectivity index (χ1v) is 7.25. The Kier molecular flexibility index (Phi) is 4.42. The fourth-order valence-electron chi connectivity index (χ4n) is 1.95. The zero-order chi connectivity index (χ0) is 13.1. The lowest BCUT2D eigenvalue weighted by Gasteiger charge is -2.14. The van der Waals surface area contributed by atoms with Gasteiger partial charge in [0.25, 0.3) is 0 Å². The van der Waals surface area contributed by atoms with Gasteiger partial charge in [0, 0.05) is 38.3 Å². The van der Waals surface area contributed by atoms with E-state index in [1.165, 1.54) is 24.0 Å². The van der Waals surface area contributed by atoms with Gasteiger partial charge in [-0.05, 0) is 54.7 Å². The number of allylic oxidation sites excluding steroid dienone is 1. The highest BCUT2D eigenvalue weighted by atomic mass is 127. The summed E-state index contributed by atoms with van der Waals surface area (Å²) >= 11 is 2.28. The largest absolute Gasteiger partial charge is 0.274 e. The first-order chi connectivity index (χ1) is 8.58. The highest BCUT2D eigenvalue weighted by Crippen LogP contribution is 2.30. The molecule has 0 amide bonds. The van der Waals surface area contributed by atoms with Crippen LogP contribution in [0.5, 0.6) is 0 Å². The Balaban J connectivity index is 1.98. The molecule has 4 nitrogen and oxygen atoms in total. The summed E-state index contributed by atoms with van der Waals surface area (Å²) in [5.41, 5.74) is 2.55. The van der Waals surface area contributed by atoms with Crippen LogP contribution < -0.4 is 0 Å². The number of rotatable bonds is 6. The van der Waals surface area contributed by atoms with Gasteiger partial charge in [-0.2, -0.15) is 10.2 Å². The van der Waals surface area contributed by atoms with E-state index < -0.39 is 0 Å².